The molecule has 5 nitrogen and oxygen atoms in total. The van der Waals surface area contributed by atoms with E-state index in [9.17, 15) is 4.79 Å². The third-order valence-corrected chi connectivity index (χ3v) is 3.24. The highest BCUT2D eigenvalue weighted by Crippen LogP contribution is 2.28. The lowest BCUT2D eigenvalue weighted by atomic mass is 9.99. The zero-order chi connectivity index (χ0) is 10.1. The number of anilines is 1. The Kier molecular flexibility index (Phi) is 2.39. The van der Waals surface area contributed by atoms with Gasteiger partial charge in [-0.15, -0.1) is 11.3 Å². The predicted molar refractivity (Wildman–Crippen MR) is 55.3 cm³/mol. The number of thiazole rings is 1. The van der Waals surface area contributed by atoms with Gasteiger partial charge < -0.3 is 11.5 Å². The molecule has 0 spiro atoms. The summed E-state index contributed by atoms with van der Waals surface area (Å²) in [7, 11) is 0. The van der Waals surface area contributed by atoms with Gasteiger partial charge in [-0.2, -0.15) is 0 Å². The second-order valence-corrected chi connectivity index (χ2v) is 4.46. The van der Waals surface area contributed by atoms with Crippen LogP contribution in [0.5, 0.6) is 0 Å². The van der Waals surface area contributed by atoms with Crippen LogP contribution in [-0.2, 0) is 12.8 Å². The van der Waals surface area contributed by atoms with E-state index in [1.807, 2.05) is 0 Å². The third-order valence-electron chi connectivity index (χ3n) is 2.21. The smallest absolute Gasteiger partial charge is 0.318 e. The van der Waals surface area contributed by atoms with Crippen LogP contribution >= 0.6 is 11.3 Å². The molecule has 1 unspecified atom stereocenters. The molecule has 76 valence electrons. The van der Waals surface area contributed by atoms with Gasteiger partial charge in [-0.05, 0) is 19.3 Å². The molecule has 0 aromatic carbocycles. The first-order valence-corrected chi connectivity index (χ1v) is 5.27. The number of aromatic nitrogens is 1. The van der Waals surface area contributed by atoms with Gasteiger partial charge in [-0.25, -0.2) is 9.78 Å². The monoisotopic (exact) mass is 212 g/mol. The summed E-state index contributed by atoms with van der Waals surface area (Å²) < 4.78 is 0. The van der Waals surface area contributed by atoms with Crippen LogP contribution < -0.4 is 16.8 Å². The molecule has 1 atom stereocenters. The molecule has 0 radical (unpaired) electrons. The SMILES string of the molecule is NC(=O)Nc1nc2c(s1)CC(N)CC2. The number of primary amides is 1. The lowest BCUT2D eigenvalue weighted by molar-refractivity contribution is 0.259. The van der Waals surface area contributed by atoms with Crippen LogP contribution in [0.1, 0.15) is 17.0 Å². The number of fused-ring (bicyclic) bond motifs is 1. The summed E-state index contributed by atoms with van der Waals surface area (Å²) in [5, 5.41) is 3.06. The van der Waals surface area contributed by atoms with E-state index in [4.69, 9.17) is 11.5 Å². The van der Waals surface area contributed by atoms with Crippen LogP contribution in [0.15, 0.2) is 0 Å². The van der Waals surface area contributed by atoms with Crippen molar-refractivity contribution in [2.45, 2.75) is 25.3 Å². The maximum Gasteiger partial charge on any atom is 0.318 e. The highest BCUT2D eigenvalue weighted by molar-refractivity contribution is 7.15. The summed E-state index contributed by atoms with van der Waals surface area (Å²) >= 11 is 1.46. The van der Waals surface area contributed by atoms with E-state index in [1.165, 1.54) is 16.2 Å². The van der Waals surface area contributed by atoms with Gasteiger partial charge in [0.15, 0.2) is 5.13 Å². The Morgan fingerprint density at radius 3 is 3.14 bits per heavy atom. The van der Waals surface area contributed by atoms with Crippen LogP contribution in [0.4, 0.5) is 9.93 Å². The van der Waals surface area contributed by atoms with E-state index in [2.05, 4.69) is 10.3 Å². The van der Waals surface area contributed by atoms with Gasteiger partial charge in [0, 0.05) is 10.9 Å². The fraction of sp³-hybridized carbons (Fsp3) is 0.500. The van der Waals surface area contributed by atoms with Gasteiger partial charge in [0.2, 0.25) is 0 Å². The molecule has 5 N–H and O–H groups in total. The number of amides is 2. The molecule has 2 amide bonds. The fourth-order valence-corrected chi connectivity index (χ4v) is 2.66. The number of urea groups is 1. The van der Waals surface area contributed by atoms with Crippen LogP contribution in [0, 0.1) is 0 Å². The van der Waals surface area contributed by atoms with E-state index in [0.717, 1.165) is 25.0 Å². The molecule has 1 heterocycles. The Balaban J connectivity index is 2.19. The second kappa shape index (κ2) is 3.55. The van der Waals surface area contributed by atoms with E-state index in [1.54, 1.807) is 0 Å². The Hall–Kier alpha value is -1.14. The summed E-state index contributed by atoms with van der Waals surface area (Å²) in [4.78, 5) is 16.0. The topological polar surface area (TPSA) is 94.0 Å². The van der Waals surface area contributed by atoms with Gasteiger partial charge in [0.25, 0.3) is 0 Å². The minimum absolute atomic E-state index is 0.226. The van der Waals surface area contributed by atoms with Gasteiger partial charge in [-0.3, -0.25) is 5.32 Å². The van der Waals surface area contributed by atoms with Crippen molar-refractivity contribution in [3.05, 3.63) is 10.6 Å². The number of nitrogens with zero attached hydrogens (tertiary/aromatic N) is 1. The summed E-state index contributed by atoms with van der Waals surface area (Å²) in [6.45, 7) is 0. The van der Waals surface area contributed by atoms with E-state index < -0.39 is 6.03 Å². The van der Waals surface area contributed by atoms with Crippen LogP contribution in [0.25, 0.3) is 0 Å². The number of nitrogens with two attached hydrogens (primary N) is 2. The molecule has 0 aliphatic heterocycles. The van der Waals surface area contributed by atoms with Crippen molar-refractivity contribution < 1.29 is 4.79 Å². The Bertz CT molecular complexity index is 362. The van der Waals surface area contributed by atoms with Crippen molar-refractivity contribution >= 4 is 22.5 Å². The molecule has 14 heavy (non-hydrogen) atoms. The number of carbonyl (C=O) groups is 1. The first kappa shape index (κ1) is 9.42. The minimum atomic E-state index is -0.569. The third kappa shape index (κ3) is 1.85. The number of nitrogens with one attached hydrogen (secondary N) is 1. The van der Waals surface area contributed by atoms with Gasteiger partial charge in [0.05, 0.1) is 5.69 Å². The average molecular weight is 212 g/mol. The zero-order valence-corrected chi connectivity index (χ0v) is 8.43. The van der Waals surface area contributed by atoms with E-state index in [-0.39, 0.29) is 6.04 Å². The van der Waals surface area contributed by atoms with Gasteiger partial charge >= 0.3 is 6.03 Å². The van der Waals surface area contributed by atoms with Gasteiger partial charge in [-0.1, -0.05) is 0 Å². The Labute approximate surface area is 85.5 Å². The van der Waals surface area contributed by atoms with Crippen LogP contribution in [-0.4, -0.2) is 17.1 Å². The highest BCUT2D eigenvalue weighted by atomic mass is 32.1. The second-order valence-electron chi connectivity index (χ2n) is 3.38. The molecule has 0 saturated carbocycles. The van der Waals surface area contributed by atoms with Crippen LogP contribution in [0.3, 0.4) is 0 Å². The maximum atomic E-state index is 10.6. The van der Waals surface area contributed by atoms with Crippen molar-refractivity contribution in [2.24, 2.45) is 11.5 Å². The minimum Gasteiger partial charge on any atom is -0.351 e. The molecule has 1 aliphatic rings. The summed E-state index contributed by atoms with van der Waals surface area (Å²) in [6, 6.07) is -0.343. The Morgan fingerprint density at radius 1 is 1.64 bits per heavy atom. The number of rotatable bonds is 1. The maximum absolute atomic E-state index is 10.6. The van der Waals surface area contributed by atoms with Crippen molar-refractivity contribution in [3.8, 4) is 0 Å². The highest BCUT2D eigenvalue weighted by Gasteiger charge is 2.20. The van der Waals surface area contributed by atoms with E-state index in [0.29, 0.717) is 5.13 Å². The average Bonchev–Trinajstić information content (AvgIpc) is 2.44. The first-order chi connectivity index (χ1) is 6.65. The predicted octanol–water partition coefficient (Wildman–Crippen LogP) is 0.450. The Morgan fingerprint density at radius 2 is 2.43 bits per heavy atom. The van der Waals surface area contributed by atoms with Crippen molar-refractivity contribution in [2.75, 3.05) is 5.32 Å². The van der Waals surface area contributed by atoms with E-state index >= 15 is 0 Å². The molecular weight excluding hydrogens is 200 g/mol. The molecular formula is C8H12N4OS. The number of carbonyl (C=O) groups excluding carboxylic acids is 1. The molecule has 1 aliphatic carbocycles. The molecule has 0 bridgehead atoms. The lowest BCUT2D eigenvalue weighted by Gasteiger charge is -2.15. The largest absolute Gasteiger partial charge is 0.351 e. The number of hydrogen-bond acceptors (Lipinski definition) is 4. The van der Waals surface area contributed by atoms with Crippen molar-refractivity contribution in [3.63, 3.8) is 0 Å². The van der Waals surface area contributed by atoms with Gasteiger partial charge in [0.1, 0.15) is 0 Å². The molecule has 6 heteroatoms. The zero-order valence-electron chi connectivity index (χ0n) is 7.62. The number of aryl methyl sites for hydroxylation is 1. The standard InChI is InChI=1S/C8H12N4OS/c9-4-1-2-5-6(3-4)14-8(11-5)12-7(10)13/h4H,1-3,9H2,(H3,10,11,12,13). The quantitative estimate of drug-likeness (QED) is 0.630. The normalized spacial score (nSPS) is 20.2. The lowest BCUT2D eigenvalue weighted by Crippen LogP contribution is -2.27. The number of hydrogen-bond donors (Lipinski definition) is 3. The van der Waals surface area contributed by atoms with Crippen LogP contribution in [0.2, 0.25) is 0 Å². The van der Waals surface area contributed by atoms with Crippen molar-refractivity contribution in [1.82, 2.24) is 4.98 Å². The molecule has 2 rings (SSSR count). The molecule has 0 fully saturated rings. The molecule has 0 saturated heterocycles. The molecule has 1 aromatic heterocycles. The van der Waals surface area contributed by atoms with Crippen molar-refractivity contribution in [1.29, 1.82) is 0 Å². The first-order valence-electron chi connectivity index (χ1n) is 4.46. The molecule has 1 aromatic rings. The summed E-state index contributed by atoms with van der Waals surface area (Å²) in [5.41, 5.74) is 11.9. The summed E-state index contributed by atoms with van der Waals surface area (Å²) in [6.07, 6.45) is 2.72. The fourth-order valence-electron chi connectivity index (χ4n) is 1.56. The summed E-state index contributed by atoms with van der Waals surface area (Å²) in [5.74, 6) is 0.